The number of carbonyl (C=O) groups excluding carboxylic acids is 2. The van der Waals surface area contributed by atoms with Crippen molar-refractivity contribution in [2.24, 2.45) is 5.92 Å². The van der Waals surface area contributed by atoms with Gasteiger partial charge in [-0.3, -0.25) is 4.79 Å². The molecule has 1 aliphatic heterocycles. The molecule has 1 N–H and O–H groups in total. The van der Waals surface area contributed by atoms with E-state index in [1.165, 1.54) is 12.8 Å². The van der Waals surface area contributed by atoms with E-state index < -0.39 is 0 Å². The Morgan fingerprint density at radius 1 is 0.952 bits per heavy atom. The fourth-order valence-electron chi connectivity index (χ4n) is 4.37. The predicted octanol–water partition coefficient (Wildman–Crippen LogP) is 3.25. The molecule has 4 heteroatoms. The fourth-order valence-corrected chi connectivity index (χ4v) is 4.37. The highest BCUT2D eigenvalue weighted by Gasteiger charge is 2.38. The predicted molar refractivity (Wildman–Crippen MR) is 82.1 cm³/mol. The van der Waals surface area contributed by atoms with E-state index in [1.54, 1.807) is 0 Å². The van der Waals surface area contributed by atoms with Gasteiger partial charge in [0.05, 0.1) is 0 Å². The number of piperidine rings is 1. The smallest absolute Gasteiger partial charge is 0.317 e. The molecule has 4 nitrogen and oxygen atoms in total. The number of ketones is 1. The van der Waals surface area contributed by atoms with E-state index in [4.69, 9.17) is 0 Å². The van der Waals surface area contributed by atoms with Crippen LogP contribution in [-0.2, 0) is 4.79 Å². The van der Waals surface area contributed by atoms with Crippen molar-refractivity contribution in [1.29, 1.82) is 0 Å². The summed E-state index contributed by atoms with van der Waals surface area (Å²) in [6.45, 7) is 0.826. The van der Waals surface area contributed by atoms with Gasteiger partial charge in [0.1, 0.15) is 5.78 Å². The number of likely N-dealkylation sites (tertiary alicyclic amines) is 1. The average Bonchev–Trinajstić information content (AvgIpc) is 3.01. The number of nitrogens with zero attached hydrogens (tertiary/aromatic N) is 1. The van der Waals surface area contributed by atoms with E-state index in [9.17, 15) is 9.59 Å². The summed E-state index contributed by atoms with van der Waals surface area (Å²) in [7, 11) is 0. The summed E-state index contributed by atoms with van der Waals surface area (Å²) in [6.07, 6.45) is 11.8. The van der Waals surface area contributed by atoms with Gasteiger partial charge in [0.15, 0.2) is 0 Å². The third kappa shape index (κ3) is 3.41. The monoisotopic (exact) mass is 292 g/mol. The van der Waals surface area contributed by atoms with Crippen molar-refractivity contribution in [1.82, 2.24) is 10.2 Å². The quantitative estimate of drug-likeness (QED) is 0.849. The zero-order valence-corrected chi connectivity index (χ0v) is 13.0. The maximum absolute atomic E-state index is 12.6. The summed E-state index contributed by atoms with van der Waals surface area (Å²) in [6, 6.07) is 0.611. The van der Waals surface area contributed by atoms with Gasteiger partial charge in [0.2, 0.25) is 0 Å². The average molecular weight is 292 g/mol. The SMILES string of the molecule is O=C1CCCCC1C1CCCCN1C(=O)NC1CCCC1. The normalized spacial score (nSPS) is 31.4. The van der Waals surface area contributed by atoms with Crippen molar-refractivity contribution >= 4 is 11.8 Å². The summed E-state index contributed by atoms with van der Waals surface area (Å²) >= 11 is 0. The van der Waals surface area contributed by atoms with Crippen molar-refractivity contribution < 1.29 is 9.59 Å². The number of urea groups is 1. The van der Waals surface area contributed by atoms with E-state index in [0.717, 1.165) is 64.3 Å². The van der Waals surface area contributed by atoms with Crippen molar-refractivity contribution in [2.45, 2.75) is 82.7 Å². The second kappa shape index (κ2) is 6.80. The molecule has 2 unspecified atom stereocenters. The lowest BCUT2D eigenvalue weighted by molar-refractivity contribution is -0.127. The number of amides is 2. The van der Waals surface area contributed by atoms with Crippen LogP contribution < -0.4 is 5.32 Å². The highest BCUT2D eigenvalue weighted by atomic mass is 16.2. The van der Waals surface area contributed by atoms with Gasteiger partial charge in [0, 0.05) is 31.0 Å². The third-order valence-corrected chi connectivity index (χ3v) is 5.56. The first-order chi connectivity index (χ1) is 10.3. The van der Waals surface area contributed by atoms with Crippen LogP contribution in [0.15, 0.2) is 0 Å². The molecule has 1 saturated heterocycles. The second-order valence-corrected chi connectivity index (χ2v) is 7.01. The lowest BCUT2D eigenvalue weighted by atomic mass is 9.79. The Morgan fingerprint density at radius 2 is 1.67 bits per heavy atom. The molecule has 0 aromatic rings. The zero-order chi connectivity index (χ0) is 14.7. The Balaban J connectivity index is 1.65. The summed E-state index contributed by atoms with van der Waals surface area (Å²) < 4.78 is 0. The van der Waals surface area contributed by atoms with Crippen LogP contribution in [-0.4, -0.2) is 35.3 Å². The lowest BCUT2D eigenvalue weighted by Gasteiger charge is -2.41. The highest BCUT2D eigenvalue weighted by molar-refractivity contribution is 5.83. The first-order valence-corrected chi connectivity index (χ1v) is 8.85. The molecule has 0 aromatic heterocycles. The van der Waals surface area contributed by atoms with Crippen molar-refractivity contribution in [3.63, 3.8) is 0 Å². The molecule has 2 aliphatic carbocycles. The van der Waals surface area contributed by atoms with Gasteiger partial charge in [-0.25, -0.2) is 4.79 Å². The number of Topliss-reactive ketones (excluding diaryl/α,β-unsaturated/α-hetero) is 1. The molecule has 2 atom stereocenters. The molecule has 118 valence electrons. The molecule has 0 aromatic carbocycles. The van der Waals surface area contributed by atoms with Crippen LogP contribution in [0, 0.1) is 5.92 Å². The Hall–Kier alpha value is -1.06. The minimum Gasteiger partial charge on any atom is -0.335 e. The van der Waals surface area contributed by atoms with Gasteiger partial charge in [-0.1, -0.05) is 19.3 Å². The molecule has 0 radical (unpaired) electrons. The first-order valence-electron chi connectivity index (χ1n) is 8.85. The van der Waals surface area contributed by atoms with E-state index in [0.29, 0.717) is 11.8 Å². The van der Waals surface area contributed by atoms with Crippen molar-refractivity contribution in [2.75, 3.05) is 6.54 Å². The number of carbonyl (C=O) groups is 2. The molecular formula is C17H28N2O2. The Labute approximate surface area is 127 Å². The number of rotatable bonds is 2. The van der Waals surface area contributed by atoms with Crippen LogP contribution in [0.2, 0.25) is 0 Å². The van der Waals surface area contributed by atoms with Crippen molar-refractivity contribution in [3.8, 4) is 0 Å². The number of hydrogen-bond donors (Lipinski definition) is 1. The standard InChI is InChI=1S/C17H28N2O2/c20-16-11-4-3-9-14(16)15-10-5-6-12-19(15)17(21)18-13-7-1-2-8-13/h13-15H,1-12H2,(H,18,21). The molecule has 3 aliphatic rings. The molecule has 3 rings (SSSR count). The summed E-state index contributed by atoms with van der Waals surface area (Å²) in [5.41, 5.74) is 0. The molecule has 21 heavy (non-hydrogen) atoms. The van der Waals surface area contributed by atoms with Gasteiger partial charge in [0.25, 0.3) is 0 Å². The first kappa shape index (κ1) is 14.9. The molecule has 0 bridgehead atoms. The minimum atomic E-state index is 0.0879. The summed E-state index contributed by atoms with van der Waals surface area (Å²) in [5.74, 6) is 0.500. The maximum Gasteiger partial charge on any atom is 0.317 e. The van der Waals surface area contributed by atoms with Crippen LogP contribution in [0.5, 0.6) is 0 Å². The molecule has 3 fully saturated rings. The maximum atomic E-state index is 12.6. The molecule has 2 saturated carbocycles. The largest absolute Gasteiger partial charge is 0.335 e. The van der Waals surface area contributed by atoms with E-state index in [1.807, 2.05) is 4.90 Å². The van der Waals surface area contributed by atoms with Gasteiger partial charge in [-0.2, -0.15) is 0 Å². The van der Waals surface area contributed by atoms with Crippen LogP contribution in [0.4, 0.5) is 4.79 Å². The third-order valence-electron chi connectivity index (χ3n) is 5.56. The van der Waals surface area contributed by atoms with E-state index in [-0.39, 0.29) is 18.0 Å². The molecular weight excluding hydrogens is 264 g/mol. The van der Waals surface area contributed by atoms with Crippen LogP contribution >= 0.6 is 0 Å². The summed E-state index contributed by atoms with van der Waals surface area (Å²) in [5, 5.41) is 3.21. The van der Waals surface area contributed by atoms with Gasteiger partial charge < -0.3 is 10.2 Å². The Kier molecular flexibility index (Phi) is 4.81. The topological polar surface area (TPSA) is 49.4 Å². The minimum absolute atomic E-state index is 0.0879. The number of nitrogens with one attached hydrogen (secondary N) is 1. The summed E-state index contributed by atoms with van der Waals surface area (Å²) in [4.78, 5) is 26.9. The second-order valence-electron chi connectivity index (χ2n) is 7.01. The van der Waals surface area contributed by atoms with E-state index >= 15 is 0 Å². The number of hydrogen-bond acceptors (Lipinski definition) is 2. The van der Waals surface area contributed by atoms with Crippen LogP contribution in [0.25, 0.3) is 0 Å². The van der Waals surface area contributed by atoms with Crippen molar-refractivity contribution in [3.05, 3.63) is 0 Å². The Bertz CT molecular complexity index is 390. The fraction of sp³-hybridized carbons (Fsp3) is 0.882. The van der Waals surface area contributed by atoms with Gasteiger partial charge in [-0.15, -0.1) is 0 Å². The lowest BCUT2D eigenvalue weighted by Crippen LogP contribution is -2.54. The molecule has 1 heterocycles. The van der Waals surface area contributed by atoms with Crippen LogP contribution in [0.1, 0.15) is 70.6 Å². The Morgan fingerprint density at radius 3 is 2.43 bits per heavy atom. The zero-order valence-electron chi connectivity index (χ0n) is 13.0. The molecule has 0 spiro atoms. The highest BCUT2D eigenvalue weighted by Crippen LogP contribution is 2.32. The van der Waals surface area contributed by atoms with Gasteiger partial charge in [-0.05, 0) is 44.9 Å². The van der Waals surface area contributed by atoms with Gasteiger partial charge >= 0.3 is 6.03 Å². The van der Waals surface area contributed by atoms with Crippen LogP contribution in [0.3, 0.4) is 0 Å². The molecule has 2 amide bonds. The van der Waals surface area contributed by atoms with E-state index in [2.05, 4.69) is 5.32 Å².